The van der Waals surface area contributed by atoms with Crippen LogP contribution in [0.25, 0.3) is 0 Å². The van der Waals surface area contributed by atoms with E-state index in [0.717, 1.165) is 18.9 Å². The number of thiophene rings is 1. The number of hydrogen-bond donors (Lipinski definition) is 1. The molecule has 7 nitrogen and oxygen atoms in total. The van der Waals surface area contributed by atoms with Crippen LogP contribution in [-0.4, -0.2) is 50.3 Å². The van der Waals surface area contributed by atoms with Gasteiger partial charge in [0.2, 0.25) is 5.91 Å². The Balaban J connectivity index is 1.44. The van der Waals surface area contributed by atoms with Gasteiger partial charge in [-0.05, 0) is 42.8 Å². The van der Waals surface area contributed by atoms with Crippen LogP contribution in [0.4, 0.5) is 11.5 Å². The first-order valence-corrected chi connectivity index (χ1v) is 11.3. The van der Waals surface area contributed by atoms with E-state index in [1.165, 1.54) is 35.5 Å². The molecule has 0 aliphatic carbocycles. The minimum Gasteiger partial charge on any atom is -0.357 e. The molecular weight excluding hydrogens is 384 g/mol. The molecule has 9 heteroatoms. The molecule has 1 saturated heterocycles. The molecule has 146 valence electrons. The van der Waals surface area contributed by atoms with Crippen molar-refractivity contribution in [1.82, 2.24) is 9.29 Å². The Kier molecular flexibility index (Phi) is 6.46. The van der Waals surface area contributed by atoms with Gasteiger partial charge < -0.3 is 10.2 Å². The van der Waals surface area contributed by atoms with Gasteiger partial charge in [0.1, 0.15) is 10.0 Å². The molecule has 1 aliphatic rings. The zero-order chi connectivity index (χ0) is 19.3. The van der Waals surface area contributed by atoms with Crippen LogP contribution in [-0.2, 0) is 14.8 Å². The summed E-state index contributed by atoms with van der Waals surface area (Å²) in [5, 5.41) is 4.55. The lowest BCUT2D eigenvalue weighted by atomic mass is 10.3. The van der Waals surface area contributed by atoms with Crippen LogP contribution in [0.3, 0.4) is 0 Å². The molecule has 1 amide bonds. The minimum absolute atomic E-state index is 0.146. The number of nitrogens with one attached hydrogen (secondary N) is 1. The molecular formula is C18H24N4O3S2. The van der Waals surface area contributed by atoms with Gasteiger partial charge in [0, 0.05) is 33.1 Å². The predicted molar refractivity (Wildman–Crippen MR) is 108 cm³/mol. The molecule has 0 radical (unpaired) electrons. The number of rotatable bonds is 8. The van der Waals surface area contributed by atoms with E-state index in [1.54, 1.807) is 23.7 Å². The van der Waals surface area contributed by atoms with E-state index >= 15 is 0 Å². The summed E-state index contributed by atoms with van der Waals surface area (Å²) in [7, 11) is -1.92. The smallest absolute Gasteiger partial charge is 0.252 e. The average Bonchev–Trinajstić information content (AvgIpc) is 3.36. The van der Waals surface area contributed by atoms with Gasteiger partial charge in [-0.3, -0.25) is 4.79 Å². The number of hydrogen-bond acceptors (Lipinski definition) is 6. The summed E-state index contributed by atoms with van der Waals surface area (Å²) >= 11 is 1.19. The van der Waals surface area contributed by atoms with E-state index in [0.29, 0.717) is 22.9 Å². The number of sulfonamides is 1. The Bertz CT molecular complexity index is 845. The predicted octanol–water partition coefficient (Wildman–Crippen LogP) is 2.78. The normalized spacial score (nSPS) is 14.7. The Morgan fingerprint density at radius 2 is 2.07 bits per heavy atom. The van der Waals surface area contributed by atoms with Crippen LogP contribution < -0.4 is 10.2 Å². The van der Waals surface area contributed by atoms with E-state index in [2.05, 4.69) is 15.2 Å². The fourth-order valence-corrected chi connectivity index (χ4v) is 5.37. The third kappa shape index (κ3) is 5.06. The van der Waals surface area contributed by atoms with Crippen molar-refractivity contribution in [2.24, 2.45) is 0 Å². The van der Waals surface area contributed by atoms with Crippen LogP contribution in [0.2, 0.25) is 0 Å². The number of carbonyl (C=O) groups is 1. The van der Waals surface area contributed by atoms with Gasteiger partial charge >= 0.3 is 0 Å². The van der Waals surface area contributed by atoms with E-state index < -0.39 is 10.0 Å². The van der Waals surface area contributed by atoms with Crippen LogP contribution in [0.5, 0.6) is 0 Å². The second-order valence-electron chi connectivity index (χ2n) is 6.51. The number of pyridine rings is 1. The third-order valence-corrected chi connectivity index (χ3v) is 7.73. The van der Waals surface area contributed by atoms with Crippen molar-refractivity contribution in [2.45, 2.75) is 29.9 Å². The van der Waals surface area contributed by atoms with E-state index in [1.807, 2.05) is 12.1 Å². The van der Waals surface area contributed by atoms with Crippen LogP contribution in [0, 0.1) is 0 Å². The number of nitrogens with zero attached hydrogens (tertiary/aromatic N) is 3. The number of aromatic nitrogens is 1. The molecule has 1 N–H and O–H groups in total. The lowest BCUT2D eigenvalue weighted by Gasteiger charge is -2.17. The molecule has 3 heterocycles. The zero-order valence-corrected chi connectivity index (χ0v) is 16.9. The number of amides is 1. The molecule has 0 spiro atoms. The first-order valence-electron chi connectivity index (χ1n) is 8.97. The fraction of sp³-hybridized carbons (Fsp3) is 0.444. The van der Waals surface area contributed by atoms with Crippen LogP contribution in [0.1, 0.15) is 25.7 Å². The Morgan fingerprint density at radius 1 is 1.30 bits per heavy atom. The summed E-state index contributed by atoms with van der Waals surface area (Å²) in [6.45, 7) is 2.35. The van der Waals surface area contributed by atoms with Crippen molar-refractivity contribution in [3.63, 3.8) is 0 Å². The van der Waals surface area contributed by atoms with Gasteiger partial charge in [-0.25, -0.2) is 17.7 Å². The Morgan fingerprint density at radius 3 is 2.70 bits per heavy atom. The molecule has 0 bridgehead atoms. The highest BCUT2D eigenvalue weighted by atomic mass is 32.2. The molecule has 2 aromatic heterocycles. The van der Waals surface area contributed by atoms with Gasteiger partial charge in [-0.2, -0.15) is 0 Å². The second-order valence-corrected chi connectivity index (χ2v) is 9.73. The van der Waals surface area contributed by atoms with Gasteiger partial charge in [0.15, 0.2) is 0 Å². The molecule has 2 aromatic rings. The first kappa shape index (κ1) is 19.8. The molecule has 1 fully saturated rings. The van der Waals surface area contributed by atoms with Crippen molar-refractivity contribution in [3.8, 4) is 0 Å². The first-order chi connectivity index (χ1) is 13.0. The molecule has 27 heavy (non-hydrogen) atoms. The van der Waals surface area contributed by atoms with E-state index in [-0.39, 0.29) is 12.3 Å². The topological polar surface area (TPSA) is 82.6 Å². The summed E-state index contributed by atoms with van der Waals surface area (Å²) < 4.78 is 26.3. The van der Waals surface area contributed by atoms with Crippen molar-refractivity contribution in [1.29, 1.82) is 0 Å². The maximum atomic E-state index is 12.3. The molecule has 0 unspecified atom stereocenters. The summed E-state index contributed by atoms with van der Waals surface area (Å²) in [5.41, 5.74) is 0.655. The molecule has 0 atom stereocenters. The maximum absolute atomic E-state index is 12.3. The lowest BCUT2D eigenvalue weighted by molar-refractivity contribution is -0.116. The third-order valence-electron chi connectivity index (χ3n) is 4.50. The summed E-state index contributed by atoms with van der Waals surface area (Å²) in [6, 6.07) is 7.07. The zero-order valence-electron chi connectivity index (χ0n) is 15.3. The number of anilines is 2. The Labute approximate surface area is 164 Å². The van der Waals surface area contributed by atoms with Crippen LogP contribution >= 0.6 is 11.3 Å². The largest absolute Gasteiger partial charge is 0.357 e. The monoisotopic (exact) mass is 408 g/mol. The molecule has 3 rings (SSSR count). The SMILES string of the molecule is CN(CCCC(=O)Nc1ccc(N2CCCC2)nc1)S(=O)(=O)c1cccs1. The highest BCUT2D eigenvalue weighted by Gasteiger charge is 2.21. The van der Waals surface area contributed by atoms with E-state index in [4.69, 9.17) is 0 Å². The van der Waals surface area contributed by atoms with Gasteiger partial charge in [-0.15, -0.1) is 11.3 Å². The van der Waals surface area contributed by atoms with Crippen molar-refractivity contribution >= 4 is 38.8 Å². The van der Waals surface area contributed by atoms with Crippen molar-refractivity contribution < 1.29 is 13.2 Å². The average molecular weight is 409 g/mol. The minimum atomic E-state index is -3.46. The molecule has 0 saturated carbocycles. The summed E-state index contributed by atoms with van der Waals surface area (Å²) in [6.07, 6.45) is 4.75. The Hall–Kier alpha value is -1.97. The summed E-state index contributed by atoms with van der Waals surface area (Å²) in [5.74, 6) is 0.790. The van der Waals surface area contributed by atoms with Gasteiger partial charge in [-0.1, -0.05) is 6.07 Å². The number of carbonyl (C=O) groups excluding carboxylic acids is 1. The summed E-state index contributed by atoms with van der Waals surface area (Å²) in [4.78, 5) is 18.7. The van der Waals surface area contributed by atoms with E-state index in [9.17, 15) is 13.2 Å². The highest BCUT2D eigenvalue weighted by Crippen LogP contribution is 2.21. The fourth-order valence-electron chi connectivity index (χ4n) is 2.96. The van der Waals surface area contributed by atoms with Crippen molar-refractivity contribution in [2.75, 3.05) is 36.9 Å². The van der Waals surface area contributed by atoms with Gasteiger partial charge in [0.25, 0.3) is 10.0 Å². The molecule has 0 aromatic carbocycles. The van der Waals surface area contributed by atoms with Crippen molar-refractivity contribution in [3.05, 3.63) is 35.8 Å². The quantitative estimate of drug-likeness (QED) is 0.726. The lowest BCUT2D eigenvalue weighted by Crippen LogP contribution is -2.28. The standard InChI is InChI=1S/C18H24N4O3S2/c1-21(27(24,25)18-7-5-13-26-18)10-4-6-17(23)20-15-8-9-16(19-14-15)22-11-2-3-12-22/h5,7-9,13-14H,2-4,6,10-12H2,1H3,(H,20,23). The highest BCUT2D eigenvalue weighted by molar-refractivity contribution is 7.91. The van der Waals surface area contributed by atoms with Crippen LogP contribution in [0.15, 0.2) is 40.1 Å². The van der Waals surface area contributed by atoms with Gasteiger partial charge in [0.05, 0.1) is 11.9 Å². The molecule has 1 aliphatic heterocycles. The second kappa shape index (κ2) is 8.81. The maximum Gasteiger partial charge on any atom is 0.252 e.